The number of aliphatic carboxylic acids is 1. The molecule has 0 radical (unpaired) electrons. The molecule has 1 saturated heterocycles. The molecule has 2 heterocycles. The molecule has 1 aromatic heterocycles. The molecule has 1 aliphatic heterocycles. The van der Waals surface area contributed by atoms with Gasteiger partial charge in [-0.1, -0.05) is 13.8 Å². The first-order chi connectivity index (χ1) is 10.3. The van der Waals surface area contributed by atoms with E-state index in [4.69, 9.17) is 0 Å². The van der Waals surface area contributed by atoms with Gasteiger partial charge in [0.05, 0.1) is 11.8 Å². The summed E-state index contributed by atoms with van der Waals surface area (Å²) in [5.74, 6) is -0.462. The van der Waals surface area contributed by atoms with Crippen LogP contribution in [-0.2, 0) is 11.3 Å². The topological polar surface area (TPSA) is 89.4 Å². The number of piperidine rings is 1. The number of carbonyl (C=O) groups is 1. The number of aryl methyl sites for hydroxylation is 1. The summed E-state index contributed by atoms with van der Waals surface area (Å²) in [7, 11) is 0. The molecule has 1 fully saturated rings. The van der Waals surface area contributed by atoms with E-state index in [1.54, 1.807) is 0 Å². The van der Waals surface area contributed by atoms with E-state index >= 15 is 0 Å². The number of hydrogen-bond donors (Lipinski definition) is 3. The molecule has 1 aromatic rings. The normalized spacial score (nSPS) is 26.5. The molecule has 6 heteroatoms. The second-order valence-corrected chi connectivity index (χ2v) is 6.95. The van der Waals surface area contributed by atoms with Crippen molar-refractivity contribution in [2.24, 2.45) is 11.3 Å². The van der Waals surface area contributed by atoms with Crippen LogP contribution in [0.25, 0.3) is 0 Å². The fourth-order valence-corrected chi connectivity index (χ4v) is 3.19. The third-order valence-corrected chi connectivity index (χ3v) is 4.60. The van der Waals surface area contributed by atoms with Crippen LogP contribution in [0.15, 0.2) is 6.07 Å². The van der Waals surface area contributed by atoms with Crippen LogP contribution in [0.5, 0.6) is 0 Å². The van der Waals surface area contributed by atoms with Crippen LogP contribution in [0, 0.1) is 18.3 Å². The minimum absolute atomic E-state index is 0.377. The van der Waals surface area contributed by atoms with Crippen molar-refractivity contribution in [3.63, 3.8) is 0 Å². The van der Waals surface area contributed by atoms with E-state index in [1.165, 1.54) is 0 Å². The van der Waals surface area contributed by atoms with Crippen LogP contribution < -0.4 is 0 Å². The van der Waals surface area contributed by atoms with Gasteiger partial charge in [-0.2, -0.15) is 5.10 Å². The molecule has 1 aliphatic rings. The van der Waals surface area contributed by atoms with Gasteiger partial charge in [-0.05, 0) is 38.2 Å². The summed E-state index contributed by atoms with van der Waals surface area (Å²) in [6.45, 7) is 7.80. The van der Waals surface area contributed by atoms with Crippen molar-refractivity contribution in [2.75, 3.05) is 13.1 Å². The zero-order valence-corrected chi connectivity index (χ0v) is 13.7. The molecule has 0 spiro atoms. The van der Waals surface area contributed by atoms with E-state index in [0.717, 1.165) is 17.8 Å². The lowest BCUT2D eigenvalue weighted by Gasteiger charge is -2.43. The van der Waals surface area contributed by atoms with Crippen LogP contribution in [0.3, 0.4) is 0 Å². The maximum atomic E-state index is 11.9. The standard InChI is InChI=1S/C16H27N3O3/c1-11(2)4-6-16(15(21)22)10-19(7-5-14(16)20)9-13-8-12(3)17-18-13/h8,11,14,20H,4-7,9-10H2,1-3H3,(H,17,18)(H,21,22)/t14-,16-/m1/s1. The van der Waals surface area contributed by atoms with Crippen molar-refractivity contribution in [1.82, 2.24) is 15.1 Å². The summed E-state index contributed by atoms with van der Waals surface area (Å²) in [5.41, 5.74) is 0.849. The maximum Gasteiger partial charge on any atom is 0.313 e. The Kier molecular flexibility index (Phi) is 5.24. The summed E-state index contributed by atoms with van der Waals surface area (Å²) >= 11 is 0. The Bertz CT molecular complexity index is 514. The highest BCUT2D eigenvalue weighted by molar-refractivity contribution is 5.76. The van der Waals surface area contributed by atoms with Crippen molar-refractivity contribution in [3.8, 4) is 0 Å². The van der Waals surface area contributed by atoms with E-state index in [9.17, 15) is 15.0 Å². The Morgan fingerprint density at radius 2 is 2.32 bits per heavy atom. The smallest absolute Gasteiger partial charge is 0.313 e. The minimum atomic E-state index is -1.06. The molecule has 0 saturated carbocycles. The van der Waals surface area contributed by atoms with Gasteiger partial charge < -0.3 is 10.2 Å². The number of aliphatic hydroxyl groups is 1. The molecule has 2 rings (SSSR count). The van der Waals surface area contributed by atoms with Gasteiger partial charge >= 0.3 is 5.97 Å². The predicted molar refractivity (Wildman–Crippen MR) is 83.4 cm³/mol. The number of carboxylic acid groups (broad SMARTS) is 1. The zero-order valence-electron chi connectivity index (χ0n) is 13.7. The first kappa shape index (κ1) is 17.0. The second-order valence-electron chi connectivity index (χ2n) is 6.95. The lowest BCUT2D eigenvalue weighted by molar-refractivity contribution is -0.165. The third-order valence-electron chi connectivity index (χ3n) is 4.60. The van der Waals surface area contributed by atoms with Crippen LogP contribution in [-0.4, -0.2) is 50.5 Å². The van der Waals surface area contributed by atoms with Crippen LogP contribution in [0.1, 0.15) is 44.5 Å². The lowest BCUT2D eigenvalue weighted by atomic mass is 9.73. The number of aromatic amines is 1. The molecular formula is C16H27N3O3. The van der Waals surface area contributed by atoms with Crippen LogP contribution in [0.2, 0.25) is 0 Å². The van der Waals surface area contributed by atoms with Crippen molar-refractivity contribution in [2.45, 2.75) is 52.7 Å². The van der Waals surface area contributed by atoms with Gasteiger partial charge in [0.25, 0.3) is 0 Å². The number of likely N-dealkylation sites (tertiary alicyclic amines) is 1. The highest BCUT2D eigenvalue weighted by atomic mass is 16.4. The molecule has 2 atom stereocenters. The van der Waals surface area contributed by atoms with Crippen LogP contribution in [0.4, 0.5) is 0 Å². The quantitative estimate of drug-likeness (QED) is 0.745. The summed E-state index contributed by atoms with van der Waals surface area (Å²) < 4.78 is 0. The molecule has 0 amide bonds. The fourth-order valence-electron chi connectivity index (χ4n) is 3.19. The summed E-state index contributed by atoms with van der Waals surface area (Å²) in [5, 5.41) is 27.2. The summed E-state index contributed by atoms with van der Waals surface area (Å²) in [4.78, 5) is 14.0. The van der Waals surface area contributed by atoms with Gasteiger partial charge in [-0.15, -0.1) is 0 Å². The number of aromatic nitrogens is 2. The second kappa shape index (κ2) is 6.79. The van der Waals surface area contributed by atoms with Crippen LogP contribution >= 0.6 is 0 Å². The van der Waals surface area contributed by atoms with Gasteiger partial charge in [0.1, 0.15) is 5.41 Å². The molecule has 0 unspecified atom stereocenters. The molecule has 0 bridgehead atoms. The average molecular weight is 309 g/mol. The molecule has 6 nitrogen and oxygen atoms in total. The first-order valence-corrected chi connectivity index (χ1v) is 7.98. The molecule has 124 valence electrons. The van der Waals surface area contributed by atoms with E-state index < -0.39 is 17.5 Å². The SMILES string of the molecule is Cc1cc(CN2CC[C@@H](O)[C@](CCC(C)C)(C(=O)O)C2)n[nH]1. The molecular weight excluding hydrogens is 282 g/mol. The van der Waals surface area contributed by atoms with Gasteiger partial charge in [-0.25, -0.2) is 0 Å². The van der Waals surface area contributed by atoms with Crippen molar-refractivity contribution in [3.05, 3.63) is 17.5 Å². The molecule has 3 N–H and O–H groups in total. The average Bonchev–Trinajstić information content (AvgIpc) is 2.84. The van der Waals surface area contributed by atoms with Gasteiger partial charge in [0.15, 0.2) is 0 Å². The fraction of sp³-hybridized carbons (Fsp3) is 0.750. The largest absolute Gasteiger partial charge is 0.481 e. The Morgan fingerprint density at radius 3 is 2.86 bits per heavy atom. The van der Waals surface area contributed by atoms with E-state index in [0.29, 0.717) is 38.4 Å². The number of rotatable bonds is 6. The lowest BCUT2D eigenvalue weighted by Crippen LogP contribution is -2.55. The van der Waals surface area contributed by atoms with Crippen molar-refractivity contribution in [1.29, 1.82) is 0 Å². The van der Waals surface area contributed by atoms with E-state index in [-0.39, 0.29) is 0 Å². The molecule has 22 heavy (non-hydrogen) atoms. The molecule has 0 aliphatic carbocycles. The first-order valence-electron chi connectivity index (χ1n) is 7.98. The summed E-state index contributed by atoms with van der Waals surface area (Å²) in [6.07, 6.45) is 1.03. The zero-order chi connectivity index (χ0) is 16.3. The number of hydrogen-bond acceptors (Lipinski definition) is 4. The molecule has 0 aromatic carbocycles. The predicted octanol–water partition coefficient (Wildman–Crippen LogP) is 1.79. The minimum Gasteiger partial charge on any atom is -0.481 e. The highest BCUT2D eigenvalue weighted by Crippen LogP contribution is 2.37. The van der Waals surface area contributed by atoms with E-state index in [1.807, 2.05) is 13.0 Å². The van der Waals surface area contributed by atoms with E-state index in [2.05, 4.69) is 28.9 Å². The maximum absolute atomic E-state index is 11.9. The summed E-state index contributed by atoms with van der Waals surface area (Å²) in [6, 6.07) is 1.97. The van der Waals surface area contributed by atoms with Gasteiger partial charge in [0.2, 0.25) is 0 Å². The van der Waals surface area contributed by atoms with Crippen molar-refractivity contribution < 1.29 is 15.0 Å². The number of carboxylic acids is 1. The number of nitrogens with one attached hydrogen (secondary N) is 1. The number of aliphatic hydroxyl groups excluding tert-OH is 1. The highest BCUT2D eigenvalue weighted by Gasteiger charge is 2.48. The number of H-pyrrole nitrogens is 1. The number of nitrogens with zero attached hydrogens (tertiary/aromatic N) is 2. The van der Waals surface area contributed by atoms with Gasteiger partial charge in [0, 0.05) is 25.3 Å². The monoisotopic (exact) mass is 309 g/mol. The van der Waals surface area contributed by atoms with Crippen molar-refractivity contribution >= 4 is 5.97 Å². The Hall–Kier alpha value is -1.40. The Morgan fingerprint density at radius 1 is 1.59 bits per heavy atom. The third kappa shape index (κ3) is 3.67. The Labute approximate surface area is 131 Å². The van der Waals surface area contributed by atoms with Gasteiger partial charge in [-0.3, -0.25) is 14.8 Å². The Balaban J connectivity index is 2.11.